The van der Waals surface area contributed by atoms with Crippen molar-refractivity contribution >= 4 is 61.3 Å². The maximum Gasteiger partial charge on any atom is 0.268 e. The van der Waals surface area contributed by atoms with E-state index in [4.69, 9.17) is 42.5 Å². The molecule has 0 radical (unpaired) electrons. The molecule has 8 aromatic rings. The Labute approximate surface area is 490 Å². The molecule has 82 heavy (non-hydrogen) atoms. The van der Waals surface area contributed by atoms with Crippen LogP contribution in [0.2, 0.25) is 10.0 Å². The summed E-state index contributed by atoms with van der Waals surface area (Å²) in [6.45, 7) is 8.94. The van der Waals surface area contributed by atoms with Crippen molar-refractivity contribution in [1.29, 1.82) is 0 Å². The van der Waals surface area contributed by atoms with Gasteiger partial charge in [0.2, 0.25) is 5.88 Å². The molecule has 3 heterocycles. The highest BCUT2D eigenvalue weighted by atomic mass is 35.5. The Morgan fingerprint density at radius 1 is 0.768 bits per heavy atom. The van der Waals surface area contributed by atoms with Crippen molar-refractivity contribution in [2.24, 2.45) is 11.3 Å². The maximum absolute atomic E-state index is 14.6. The van der Waals surface area contributed by atoms with Gasteiger partial charge in [0.05, 0.1) is 47.7 Å². The zero-order valence-electron chi connectivity index (χ0n) is 46.4. The summed E-state index contributed by atoms with van der Waals surface area (Å²) in [4.78, 5) is 23.3. The average Bonchev–Trinajstić information content (AvgIpc) is 2.58. The van der Waals surface area contributed by atoms with Crippen molar-refractivity contribution in [1.82, 2.24) is 24.4 Å². The molecule has 2 fully saturated rings. The Bertz CT molecular complexity index is 3600. The molecule has 1 atom stereocenters. The van der Waals surface area contributed by atoms with Gasteiger partial charge in [-0.25, -0.2) is 22.8 Å². The molecule has 1 saturated carbocycles. The predicted molar refractivity (Wildman–Crippen MR) is 324 cm³/mol. The lowest BCUT2D eigenvalue weighted by Crippen LogP contribution is -2.47. The molecular weight excluding hydrogens is 1090 g/mol. The zero-order valence-corrected chi connectivity index (χ0v) is 48.8. The molecule has 2 aromatic heterocycles. The number of methoxy groups -OCH3 is 1. The van der Waals surface area contributed by atoms with E-state index in [0.29, 0.717) is 55.3 Å². The van der Waals surface area contributed by atoms with E-state index in [2.05, 4.69) is 75.0 Å². The van der Waals surface area contributed by atoms with Crippen molar-refractivity contribution in [2.45, 2.75) is 74.8 Å². The number of ether oxygens (including phenoxy) is 3. The highest BCUT2D eigenvalue weighted by molar-refractivity contribution is 7.90. The number of benzene rings is 6. The van der Waals surface area contributed by atoms with E-state index < -0.39 is 27.1 Å². The number of anilines is 1. The summed E-state index contributed by atoms with van der Waals surface area (Å²) in [5.41, 5.74) is 6.96. The molecule has 1 aliphatic heterocycles. The average molecular weight is 1160 g/mol. The molecule has 13 nitrogen and oxygen atoms in total. The molecule has 1 saturated heterocycles. The number of hydrogen-bond donors (Lipinski definition) is 2. The van der Waals surface area contributed by atoms with E-state index >= 15 is 0 Å². The SMILES string of the molecule is COCC1(C)CCC(c2ccc(Cl)cc2)=C(CN2CCN(c3ccc(C(=O)NS(=O)(=O)c4cnc(OC[C@H]5CC[C@@](C)(O)CC5)c(Cl)c4)c(Oc4cccc5c4cnn5C(c4ccccc4)(c4ccccc4)c4ccccc4)c3)CC2)C1. The number of fused-ring (bicyclic) bond motifs is 1. The Morgan fingerprint density at radius 3 is 2.04 bits per heavy atom. The van der Waals surface area contributed by atoms with Gasteiger partial charge in [-0.1, -0.05) is 145 Å². The van der Waals surface area contributed by atoms with Gasteiger partial charge in [0, 0.05) is 56.6 Å². The third-order valence-corrected chi connectivity index (χ3v) is 18.6. The van der Waals surface area contributed by atoms with Crippen LogP contribution in [-0.2, 0) is 20.3 Å². The summed E-state index contributed by atoms with van der Waals surface area (Å²) >= 11 is 12.9. The van der Waals surface area contributed by atoms with Gasteiger partial charge in [0.15, 0.2) is 0 Å². The number of piperazine rings is 1. The number of pyridine rings is 1. The lowest BCUT2D eigenvalue weighted by atomic mass is 9.72. The summed E-state index contributed by atoms with van der Waals surface area (Å²) in [6.07, 6.45) is 8.73. The lowest BCUT2D eigenvalue weighted by Gasteiger charge is -2.40. The monoisotopic (exact) mass is 1160 g/mol. The first-order valence-electron chi connectivity index (χ1n) is 28.1. The number of rotatable bonds is 18. The molecule has 11 rings (SSSR count). The first kappa shape index (κ1) is 56.8. The minimum Gasteiger partial charge on any atom is -0.476 e. The standard InChI is InChI=1S/C66H68Cl2N6O7S/c1-64(45-79-3)31-30-55(47-22-24-52(67)25-23-47)48(40-64)43-72-34-36-73(37-35-72)53-26-27-56(62(75)71-82(77,78)54-39-58(68)63(69-41-54)80-44-46-28-32-65(2,76)33-29-46)61(38-53)81-60-21-13-20-59-57(60)42-70-74(59)66(49-14-7-4-8-15-49,50-16-9-5-10-17-50)51-18-11-6-12-19-51/h4-27,38-39,41-42,46,76H,28-37,40,43-45H2,1-3H3,(H,71,75)/t46-,64?,65+. The van der Waals surface area contributed by atoms with E-state index in [1.165, 1.54) is 22.8 Å². The molecule has 1 unspecified atom stereocenters. The van der Waals surface area contributed by atoms with Gasteiger partial charge in [0.1, 0.15) is 27.0 Å². The largest absolute Gasteiger partial charge is 0.476 e. The van der Waals surface area contributed by atoms with Crippen LogP contribution in [-0.4, -0.2) is 97.7 Å². The number of aliphatic hydroxyl groups is 1. The Kier molecular flexibility index (Phi) is 16.7. The number of nitrogens with one attached hydrogen (secondary N) is 1. The molecule has 0 bridgehead atoms. The smallest absolute Gasteiger partial charge is 0.268 e. The quantitative estimate of drug-likeness (QED) is 0.0791. The normalized spacial score (nSPS) is 20.0. The fraction of sp³-hybridized carbons (Fsp3) is 0.318. The molecule has 6 aromatic carbocycles. The third kappa shape index (κ3) is 12.1. The molecule has 0 spiro atoms. The molecule has 2 aliphatic carbocycles. The number of hydrogen-bond acceptors (Lipinski definition) is 11. The van der Waals surface area contributed by atoms with E-state index in [1.807, 2.05) is 109 Å². The number of halogens is 2. The minimum absolute atomic E-state index is 0.00824. The van der Waals surface area contributed by atoms with Crippen LogP contribution < -0.4 is 19.1 Å². The molecule has 1 amide bonds. The maximum atomic E-state index is 14.6. The number of carbonyl (C=O) groups excluding carboxylic acids is 1. The van der Waals surface area contributed by atoms with Gasteiger partial charge in [-0.2, -0.15) is 5.10 Å². The number of sulfonamides is 1. The van der Waals surface area contributed by atoms with Crippen LogP contribution in [0.15, 0.2) is 181 Å². The summed E-state index contributed by atoms with van der Waals surface area (Å²) in [6, 6.07) is 51.3. The molecule has 3 aliphatic rings. The second kappa shape index (κ2) is 24.0. The lowest BCUT2D eigenvalue weighted by molar-refractivity contribution is 0.00127. The van der Waals surface area contributed by atoms with Crippen LogP contribution >= 0.6 is 23.2 Å². The van der Waals surface area contributed by atoms with Gasteiger partial charge >= 0.3 is 0 Å². The van der Waals surface area contributed by atoms with Gasteiger partial charge in [0.25, 0.3) is 15.9 Å². The number of carbonyl (C=O) groups is 1. The van der Waals surface area contributed by atoms with Crippen LogP contribution in [0, 0.1) is 11.3 Å². The van der Waals surface area contributed by atoms with Crippen molar-refractivity contribution in [3.8, 4) is 17.4 Å². The van der Waals surface area contributed by atoms with Gasteiger partial charge < -0.3 is 24.2 Å². The first-order chi connectivity index (χ1) is 39.6. The fourth-order valence-electron chi connectivity index (χ4n) is 12.3. The van der Waals surface area contributed by atoms with Gasteiger partial charge in [-0.3, -0.25) is 9.69 Å². The predicted octanol–water partition coefficient (Wildman–Crippen LogP) is 13.2. The second-order valence-corrected chi connectivity index (χ2v) is 25.3. The minimum atomic E-state index is -4.53. The van der Waals surface area contributed by atoms with Crippen LogP contribution in [0.4, 0.5) is 5.69 Å². The summed E-state index contributed by atoms with van der Waals surface area (Å²) in [5, 5.41) is 17.0. The number of nitrogens with zero attached hydrogens (tertiary/aromatic N) is 5. The topological polar surface area (TPSA) is 148 Å². The van der Waals surface area contributed by atoms with Crippen LogP contribution in [0.3, 0.4) is 0 Å². The summed E-state index contributed by atoms with van der Waals surface area (Å²) in [7, 11) is -2.75. The van der Waals surface area contributed by atoms with Gasteiger partial charge in [-0.15, -0.1) is 0 Å². The van der Waals surface area contributed by atoms with Crippen molar-refractivity contribution < 1.29 is 32.5 Å². The van der Waals surface area contributed by atoms with Crippen molar-refractivity contribution in [2.75, 3.05) is 57.9 Å². The number of amides is 1. The van der Waals surface area contributed by atoms with E-state index in [0.717, 1.165) is 85.8 Å². The Balaban J connectivity index is 0.912. The molecule has 424 valence electrons. The Hall–Kier alpha value is -7.04. The molecular formula is C66H68Cl2N6O7S. The zero-order chi connectivity index (χ0) is 57.1. The van der Waals surface area contributed by atoms with Crippen LogP contribution in [0.5, 0.6) is 17.4 Å². The van der Waals surface area contributed by atoms with E-state index in [-0.39, 0.29) is 38.4 Å². The van der Waals surface area contributed by atoms with E-state index in [1.54, 1.807) is 19.4 Å². The van der Waals surface area contributed by atoms with Crippen molar-refractivity contribution in [3.05, 3.63) is 214 Å². The summed E-state index contributed by atoms with van der Waals surface area (Å²) in [5.74, 6) is -0.0714. The molecule has 2 N–H and O–H groups in total. The van der Waals surface area contributed by atoms with Gasteiger partial charge in [-0.05, 0) is 133 Å². The molecule has 16 heteroatoms. The fourth-order valence-corrected chi connectivity index (χ4v) is 13.7. The Morgan fingerprint density at radius 2 is 1.41 bits per heavy atom. The number of allylic oxidation sites excluding steroid dienone is 1. The van der Waals surface area contributed by atoms with E-state index in [9.17, 15) is 18.3 Å². The van der Waals surface area contributed by atoms with Crippen molar-refractivity contribution in [3.63, 3.8) is 0 Å². The second-order valence-electron chi connectivity index (χ2n) is 22.8. The highest BCUT2D eigenvalue weighted by Crippen LogP contribution is 2.46. The van der Waals surface area contributed by atoms with Crippen LogP contribution in [0.1, 0.15) is 91.4 Å². The van der Waals surface area contributed by atoms with Crippen LogP contribution in [0.25, 0.3) is 16.5 Å². The number of aromatic nitrogens is 3. The first-order valence-corrected chi connectivity index (χ1v) is 30.3. The third-order valence-electron chi connectivity index (χ3n) is 16.7. The summed E-state index contributed by atoms with van der Waals surface area (Å²) < 4.78 is 51.2. The highest BCUT2D eigenvalue weighted by Gasteiger charge is 2.41.